The number of halogens is 1. The minimum absolute atomic E-state index is 0.0884. The monoisotopic (exact) mass is 447 g/mol. The molecule has 0 spiro atoms. The molecule has 2 aromatic rings. The highest BCUT2D eigenvalue weighted by Gasteiger charge is 2.55. The van der Waals surface area contributed by atoms with Crippen LogP contribution in [0.5, 0.6) is 0 Å². The fourth-order valence-electron chi connectivity index (χ4n) is 4.81. The summed E-state index contributed by atoms with van der Waals surface area (Å²) in [6.07, 6.45) is 3.04. The minimum Gasteiger partial charge on any atom is -0.444 e. The number of aromatic amines is 1. The third-order valence-corrected chi connectivity index (χ3v) is 6.26. The second-order valence-electron chi connectivity index (χ2n) is 8.80. The average Bonchev–Trinajstić information content (AvgIpc) is 2.58. The quantitative estimate of drug-likeness (QED) is 0.666. The third-order valence-electron chi connectivity index (χ3n) is 5.87. The van der Waals surface area contributed by atoms with Crippen molar-refractivity contribution in [3.05, 3.63) is 26.7 Å². The molecule has 28 heavy (non-hydrogen) atoms. The fourth-order valence-corrected chi connectivity index (χ4v) is 5.09. The van der Waals surface area contributed by atoms with E-state index in [1.54, 1.807) is 6.20 Å². The summed E-state index contributed by atoms with van der Waals surface area (Å²) in [7, 11) is 0. The highest BCUT2D eigenvalue weighted by Crippen LogP contribution is 2.46. The molecular formula is C19H22BrN5O3. The first-order valence-electron chi connectivity index (χ1n) is 9.56. The van der Waals surface area contributed by atoms with Crippen molar-refractivity contribution in [1.82, 2.24) is 19.9 Å². The summed E-state index contributed by atoms with van der Waals surface area (Å²) in [5, 5.41) is 0. The van der Waals surface area contributed by atoms with Gasteiger partial charge in [0, 0.05) is 18.8 Å². The zero-order valence-corrected chi connectivity index (χ0v) is 17.6. The molecule has 1 saturated carbocycles. The molecule has 0 aromatic carbocycles. The highest BCUT2D eigenvalue weighted by atomic mass is 79.9. The normalized spacial score (nSPS) is 25.8. The molecular weight excluding hydrogens is 426 g/mol. The Kier molecular flexibility index (Phi) is 3.78. The van der Waals surface area contributed by atoms with Gasteiger partial charge in [-0.2, -0.15) is 0 Å². The Morgan fingerprint density at radius 1 is 1.36 bits per heavy atom. The van der Waals surface area contributed by atoms with Crippen molar-refractivity contribution in [2.45, 2.75) is 51.3 Å². The maximum absolute atomic E-state index is 13.2. The van der Waals surface area contributed by atoms with Crippen molar-refractivity contribution in [2.24, 2.45) is 5.92 Å². The molecule has 1 saturated heterocycles. The van der Waals surface area contributed by atoms with Crippen LogP contribution in [0.1, 0.15) is 32.9 Å². The van der Waals surface area contributed by atoms with E-state index in [4.69, 9.17) is 4.74 Å². The predicted molar refractivity (Wildman–Crippen MR) is 108 cm³/mol. The van der Waals surface area contributed by atoms with Gasteiger partial charge in [-0.05, 0) is 55.5 Å². The van der Waals surface area contributed by atoms with Crippen molar-refractivity contribution < 1.29 is 9.53 Å². The molecule has 1 aliphatic carbocycles. The van der Waals surface area contributed by atoms with Gasteiger partial charge >= 0.3 is 6.09 Å². The van der Waals surface area contributed by atoms with Crippen LogP contribution in [-0.2, 0) is 11.2 Å². The Hall–Kier alpha value is -2.16. The zero-order valence-electron chi connectivity index (χ0n) is 16.0. The summed E-state index contributed by atoms with van der Waals surface area (Å²) in [5.41, 5.74) is 1.88. The largest absolute Gasteiger partial charge is 0.444 e. The smallest absolute Gasteiger partial charge is 0.410 e. The van der Waals surface area contributed by atoms with Crippen LogP contribution >= 0.6 is 15.9 Å². The first kappa shape index (κ1) is 17.9. The van der Waals surface area contributed by atoms with Crippen molar-refractivity contribution in [1.29, 1.82) is 0 Å². The topological polar surface area (TPSA) is 91.4 Å². The lowest BCUT2D eigenvalue weighted by Crippen LogP contribution is -2.72. The van der Waals surface area contributed by atoms with E-state index >= 15 is 0 Å². The summed E-state index contributed by atoms with van der Waals surface area (Å²) in [6, 6.07) is 0.248. The van der Waals surface area contributed by atoms with Gasteiger partial charge in [0.05, 0.1) is 18.3 Å². The number of anilines is 1. The van der Waals surface area contributed by atoms with Crippen LogP contribution in [0.2, 0.25) is 0 Å². The number of hydrogen-bond acceptors (Lipinski definition) is 6. The number of amides is 1. The van der Waals surface area contributed by atoms with Gasteiger partial charge in [0.1, 0.15) is 15.9 Å². The van der Waals surface area contributed by atoms with Crippen molar-refractivity contribution in [3.8, 4) is 0 Å². The number of nitrogens with zero attached hydrogens (tertiary/aromatic N) is 4. The number of H-pyrrole nitrogens is 1. The number of pyridine rings is 1. The number of carbonyl (C=O) groups excluding carboxylic acids is 1. The molecule has 3 atom stereocenters. The van der Waals surface area contributed by atoms with Crippen LogP contribution in [0, 0.1) is 5.92 Å². The van der Waals surface area contributed by atoms with Gasteiger partial charge in [-0.1, -0.05) is 0 Å². The van der Waals surface area contributed by atoms with Crippen molar-refractivity contribution in [2.75, 3.05) is 18.0 Å². The molecule has 1 amide bonds. The van der Waals surface area contributed by atoms with E-state index in [0.29, 0.717) is 40.5 Å². The van der Waals surface area contributed by atoms with Crippen LogP contribution in [0.15, 0.2) is 15.6 Å². The van der Waals surface area contributed by atoms with Crippen LogP contribution in [0.25, 0.3) is 11.2 Å². The Morgan fingerprint density at radius 2 is 2.14 bits per heavy atom. The van der Waals surface area contributed by atoms with Gasteiger partial charge in [0.2, 0.25) is 5.43 Å². The summed E-state index contributed by atoms with van der Waals surface area (Å²) >= 11 is 3.30. The Morgan fingerprint density at radius 3 is 2.89 bits per heavy atom. The molecule has 9 heteroatoms. The number of hydrogen-bond donors (Lipinski definition) is 1. The number of piperazine rings is 1. The van der Waals surface area contributed by atoms with Crippen molar-refractivity contribution in [3.63, 3.8) is 0 Å². The molecule has 8 nitrogen and oxygen atoms in total. The fraction of sp³-hybridized carbons (Fsp3) is 0.579. The summed E-state index contributed by atoms with van der Waals surface area (Å²) in [5.74, 6) is 0.416. The van der Waals surface area contributed by atoms with Gasteiger partial charge in [-0.15, -0.1) is 0 Å². The first-order chi connectivity index (χ1) is 13.2. The molecule has 5 rings (SSSR count). The number of fused-ring (bicyclic) bond motifs is 3. The molecule has 2 aliphatic heterocycles. The standard InChI is InChI=1S/C19H22BrN5O3/c1-19(2,3)28-18(27)24-4-5-25-14-9(7-11(14)24)6-10-15(25)16(26)13-17(22-10)21-8-12(20)23-13/h8-9,11,14H,4-7H2,1-3H3,(H,21,22,26)/t9?,11-,14-/m0/s1. The van der Waals surface area contributed by atoms with Crippen LogP contribution in [0.3, 0.4) is 0 Å². The Bertz CT molecular complexity index is 1050. The van der Waals surface area contributed by atoms with E-state index in [1.807, 2.05) is 25.7 Å². The van der Waals surface area contributed by atoms with E-state index in [9.17, 15) is 9.59 Å². The van der Waals surface area contributed by atoms with Crippen molar-refractivity contribution >= 4 is 38.9 Å². The molecule has 3 aliphatic rings. The van der Waals surface area contributed by atoms with Crippen LogP contribution < -0.4 is 10.3 Å². The molecule has 148 valence electrons. The molecule has 1 N–H and O–H groups in total. The van der Waals surface area contributed by atoms with E-state index in [1.165, 1.54) is 0 Å². The number of aromatic nitrogens is 3. The molecule has 0 radical (unpaired) electrons. The Balaban J connectivity index is 1.51. The molecule has 2 fully saturated rings. The lowest BCUT2D eigenvalue weighted by atomic mass is 9.67. The van der Waals surface area contributed by atoms with E-state index in [0.717, 1.165) is 18.5 Å². The van der Waals surface area contributed by atoms with E-state index in [2.05, 4.69) is 35.8 Å². The SMILES string of the molecule is CC(C)(C)OC(=O)N1CCN2c3c([nH]c4ncc(Br)nc4c3=O)CC3C[C@H]1[C@H]32. The van der Waals surface area contributed by atoms with Gasteiger partial charge in [-0.25, -0.2) is 14.8 Å². The first-order valence-corrected chi connectivity index (χ1v) is 10.4. The number of ether oxygens (including phenoxy) is 1. The van der Waals surface area contributed by atoms with Gasteiger partial charge in [-0.3, -0.25) is 4.79 Å². The maximum atomic E-state index is 13.2. The third kappa shape index (κ3) is 2.62. The second-order valence-corrected chi connectivity index (χ2v) is 9.61. The summed E-state index contributed by atoms with van der Waals surface area (Å²) in [4.78, 5) is 41.9. The minimum atomic E-state index is -0.515. The lowest BCUT2D eigenvalue weighted by molar-refractivity contribution is -0.0221. The van der Waals surface area contributed by atoms with E-state index in [-0.39, 0.29) is 23.6 Å². The maximum Gasteiger partial charge on any atom is 0.410 e. The average molecular weight is 448 g/mol. The number of rotatable bonds is 0. The van der Waals surface area contributed by atoms with E-state index < -0.39 is 5.60 Å². The molecule has 2 aromatic heterocycles. The summed E-state index contributed by atoms with van der Waals surface area (Å²) in [6.45, 7) is 6.80. The van der Waals surface area contributed by atoms with Gasteiger partial charge in [0.15, 0.2) is 11.2 Å². The zero-order chi connectivity index (χ0) is 19.8. The second kappa shape index (κ2) is 5.92. The lowest BCUT2D eigenvalue weighted by Gasteiger charge is -2.60. The Labute approximate surface area is 170 Å². The highest BCUT2D eigenvalue weighted by molar-refractivity contribution is 9.10. The van der Waals surface area contributed by atoms with Crippen LogP contribution in [-0.4, -0.2) is 56.7 Å². The molecule has 1 unspecified atom stereocenters. The summed E-state index contributed by atoms with van der Waals surface area (Å²) < 4.78 is 6.13. The predicted octanol–water partition coefficient (Wildman–Crippen LogP) is 2.45. The molecule has 0 bridgehead atoms. The molecule has 4 heterocycles. The van der Waals surface area contributed by atoms with Gasteiger partial charge < -0.3 is 19.5 Å². The van der Waals surface area contributed by atoms with Crippen LogP contribution in [0.4, 0.5) is 10.5 Å². The number of carbonyl (C=O) groups is 1. The van der Waals surface area contributed by atoms with Gasteiger partial charge in [0.25, 0.3) is 0 Å². The number of nitrogens with one attached hydrogen (secondary N) is 1.